The van der Waals surface area contributed by atoms with E-state index in [0.29, 0.717) is 37.1 Å². The van der Waals surface area contributed by atoms with Crippen LogP contribution in [0.1, 0.15) is 0 Å². The summed E-state index contributed by atoms with van der Waals surface area (Å²) >= 11 is 0. The maximum absolute atomic E-state index is 17.1. The third-order valence-corrected chi connectivity index (χ3v) is 23.3. The normalized spacial score (nSPS) is 14.5. The van der Waals surface area contributed by atoms with Crippen molar-refractivity contribution < 1.29 is 14.0 Å². The standard InChI is InChI=1S/C55H43O3P3/c1-61(58,48-30-9-4-10-31-48,55-37-19-25-43-22-13-16-34-52(43)55)49-39-46(59(56,44-26-5-2-6-27-44)53-35-17-23-41-20-11-14-32-50(41)53)38-47(40-49)60(57,45-28-7-3-8-29-45)54-36-18-24-42-21-12-15-33-51(42)54/h2-40,58H,1H3. The van der Waals surface area contributed by atoms with Gasteiger partial charge in [0.2, 0.25) is 0 Å². The first-order chi connectivity index (χ1) is 29.7. The Hall–Kier alpha value is -6.17. The molecule has 1 N–H and O–H groups in total. The molecule has 0 heterocycles. The summed E-state index contributed by atoms with van der Waals surface area (Å²) < 4.78 is 34.2. The van der Waals surface area contributed by atoms with Gasteiger partial charge in [0, 0.05) is 0 Å². The van der Waals surface area contributed by atoms with Crippen molar-refractivity contribution >= 4 is 101 Å². The van der Waals surface area contributed by atoms with E-state index in [1.54, 1.807) is 0 Å². The van der Waals surface area contributed by atoms with Crippen molar-refractivity contribution in [1.82, 2.24) is 0 Å². The van der Waals surface area contributed by atoms with Crippen LogP contribution in [0.3, 0.4) is 0 Å². The number of hydrogen-bond acceptors (Lipinski definition) is 3. The number of fused-ring (bicyclic) bond motifs is 3. The first-order valence-corrected chi connectivity index (χ1v) is 26.5. The molecule has 0 spiro atoms. The first-order valence-electron chi connectivity index (χ1n) is 20.5. The second-order valence-corrected chi connectivity index (χ2v) is 25.9. The quantitative estimate of drug-likeness (QED) is 0.147. The second-order valence-electron chi connectivity index (χ2n) is 15.9. The fourth-order valence-corrected chi connectivity index (χ4v) is 19.3. The van der Waals surface area contributed by atoms with Gasteiger partial charge in [-0.25, -0.2) is 0 Å². The van der Waals surface area contributed by atoms with Crippen molar-refractivity contribution in [3.05, 3.63) is 237 Å². The van der Waals surface area contributed by atoms with Gasteiger partial charge in [-0.05, 0) is 0 Å². The Morgan fingerprint density at radius 3 is 1.18 bits per heavy atom. The van der Waals surface area contributed by atoms with Gasteiger partial charge >= 0.3 is 358 Å². The monoisotopic (exact) mass is 844 g/mol. The summed E-state index contributed by atoms with van der Waals surface area (Å²) in [5, 5.41) is 11.3. The second kappa shape index (κ2) is 15.1. The summed E-state index contributed by atoms with van der Waals surface area (Å²) in [4.78, 5) is 14.5. The van der Waals surface area contributed by atoms with Gasteiger partial charge in [0.25, 0.3) is 0 Å². The van der Waals surface area contributed by atoms with Gasteiger partial charge in [0.15, 0.2) is 0 Å². The fraction of sp³-hybridized carbons (Fsp3) is 0.0182. The average molecular weight is 845 g/mol. The Kier molecular flexibility index (Phi) is 9.64. The van der Waals surface area contributed by atoms with Crippen LogP contribution in [-0.4, -0.2) is 11.6 Å². The molecule has 0 fully saturated rings. The summed E-state index contributed by atoms with van der Waals surface area (Å²) in [6.07, 6.45) is 0. The minimum absolute atomic E-state index is 0.500. The third kappa shape index (κ3) is 6.19. The molecule has 0 saturated carbocycles. The van der Waals surface area contributed by atoms with Crippen LogP contribution in [-0.2, 0) is 9.13 Å². The maximum atomic E-state index is 17.1. The summed E-state index contributed by atoms with van der Waals surface area (Å²) in [5.74, 6) is 0. The molecule has 0 aliphatic rings. The van der Waals surface area contributed by atoms with Gasteiger partial charge in [-0.15, -0.1) is 0 Å². The van der Waals surface area contributed by atoms with Crippen LogP contribution in [0.15, 0.2) is 237 Å². The zero-order chi connectivity index (χ0) is 41.7. The third-order valence-electron chi connectivity index (χ3n) is 12.4. The van der Waals surface area contributed by atoms with E-state index in [1.165, 1.54) is 0 Å². The molecule has 296 valence electrons. The molecule has 61 heavy (non-hydrogen) atoms. The van der Waals surface area contributed by atoms with E-state index in [4.69, 9.17) is 0 Å². The predicted octanol–water partition coefficient (Wildman–Crippen LogP) is 9.79. The number of hydrogen-bond donors (Lipinski definition) is 1. The van der Waals surface area contributed by atoms with Crippen LogP contribution in [0.4, 0.5) is 0 Å². The van der Waals surface area contributed by atoms with Gasteiger partial charge in [-0.3, -0.25) is 0 Å². The van der Waals surface area contributed by atoms with Crippen LogP contribution in [0.5, 0.6) is 0 Å². The molecule has 0 amide bonds. The molecule has 6 heteroatoms. The predicted molar refractivity (Wildman–Crippen MR) is 265 cm³/mol. The Labute approximate surface area is 356 Å². The van der Waals surface area contributed by atoms with Gasteiger partial charge < -0.3 is 0 Å². The van der Waals surface area contributed by atoms with E-state index >= 15 is 9.13 Å². The van der Waals surface area contributed by atoms with Crippen molar-refractivity contribution in [2.45, 2.75) is 0 Å². The summed E-state index contributed by atoms with van der Waals surface area (Å²) in [7, 11) is -7.64. The number of rotatable bonds is 9. The van der Waals surface area contributed by atoms with Crippen molar-refractivity contribution in [2.75, 3.05) is 6.66 Å². The van der Waals surface area contributed by atoms with Gasteiger partial charge in [0.1, 0.15) is 0 Å². The molecular formula is C55H43O3P3. The number of benzene rings is 10. The van der Waals surface area contributed by atoms with Gasteiger partial charge in [0.05, 0.1) is 0 Å². The van der Waals surface area contributed by atoms with E-state index in [9.17, 15) is 4.89 Å². The molecule has 10 aromatic rings. The van der Waals surface area contributed by atoms with E-state index in [-0.39, 0.29) is 0 Å². The average Bonchev–Trinajstić information content (AvgIpc) is 3.33. The van der Waals surface area contributed by atoms with Crippen molar-refractivity contribution in [3.8, 4) is 0 Å². The Morgan fingerprint density at radius 2 is 0.705 bits per heavy atom. The van der Waals surface area contributed by atoms with Crippen LogP contribution < -0.4 is 47.7 Å². The van der Waals surface area contributed by atoms with Crippen LogP contribution in [0, 0.1) is 0 Å². The molecule has 3 nitrogen and oxygen atoms in total. The van der Waals surface area contributed by atoms with E-state index in [2.05, 4.69) is 18.2 Å². The molecular weight excluding hydrogens is 802 g/mol. The molecule has 0 saturated heterocycles. The molecule has 0 aromatic heterocycles. The Bertz CT molecular complexity index is 3190. The molecule has 10 rings (SSSR count). The van der Waals surface area contributed by atoms with Crippen LogP contribution >= 0.6 is 21.1 Å². The summed E-state index contributed by atoms with van der Waals surface area (Å²) in [5.41, 5.74) is 0. The Balaban J connectivity index is 1.42. The van der Waals surface area contributed by atoms with E-state index in [0.717, 1.165) is 42.9 Å². The molecule has 0 bridgehead atoms. The van der Waals surface area contributed by atoms with E-state index in [1.807, 2.05) is 225 Å². The first kappa shape index (κ1) is 39.0. The van der Waals surface area contributed by atoms with Crippen LogP contribution in [0.25, 0.3) is 32.3 Å². The topological polar surface area (TPSA) is 54.4 Å². The Morgan fingerprint density at radius 1 is 0.344 bits per heavy atom. The molecule has 10 aromatic carbocycles. The summed E-state index contributed by atoms with van der Waals surface area (Å²) in [6.45, 7) is -2.58. The zero-order valence-corrected chi connectivity index (χ0v) is 36.3. The minimum atomic E-state index is -4.56. The van der Waals surface area contributed by atoms with Crippen molar-refractivity contribution in [2.24, 2.45) is 0 Å². The van der Waals surface area contributed by atoms with Gasteiger partial charge in [-0.2, -0.15) is 0 Å². The molecule has 0 aliphatic heterocycles. The van der Waals surface area contributed by atoms with Gasteiger partial charge in [-0.1, -0.05) is 0 Å². The zero-order valence-electron chi connectivity index (χ0n) is 33.6. The fourth-order valence-electron chi connectivity index (χ4n) is 9.26. The van der Waals surface area contributed by atoms with Crippen molar-refractivity contribution in [3.63, 3.8) is 0 Å². The van der Waals surface area contributed by atoms with Crippen molar-refractivity contribution in [1.29, 1.82) is 0 Å². The molecule has 0 radical (unpaired) electrons. The van der Waals surface area contributed by atoms with E-state index < -0.39 is 21.1 Å². The SMILES string of the molecule is CP(O)(c1ccccc1)(c1cc(P(=O)(c2ccccc2)c2cccc3ccccc23)cc(P(=O)(c2ccccc2)c2cccc3ccccc23)c1)c1cccc2ccccc12. The van der Waals surface area contributed by atoms with Crippen LogP contribution in [0.2, 0.25) is 0 Å². The molecule has 0 aliphatic carbocycles. The molecule has 2 atom stereocenters. The molecule has 2 unspecified atom stereocenters. The summed E-state index contributed by atoms with van der Waals surface area (Å²) in [6, 6.07) is 77.4.